The summed E-state index contributed by atoms with van der Waals surface area (Å²) in [5.74, 6) is -0.172. The highest BCUT2D eigenvalue weighted by Gasteiger charge is 2.33. The number of anilines is 2. The molecule has 3 nitrogen and oxygen atoms in total. The fourth-order valence-corrected chi connectivity index (χ4v) is 2.17. The molecule has 100 valence electrons. The maximum absolute atomic E-state index is 12.8. The number of rotatable bonds is 3. The van der Waals surface area contributed by atoms with Gasteiger partial charge in [-0.2, -0.15) is 13.2 Å². The number of carbonyl (C=O) groups is 1. The van der Waals surface area contributed by atoms with Crippen molar-refractivity contribution in [1.82, 2.24) is 4.98 Å². The number of halogens is 3. The maximum atomic E-state index is 12.8. The molecule has 1 aromatic heterocycles. The number of thiazole rings is 1. The van der Waals surface area contributed by atoms with Gasteiger partial charge in [-0.05, 0) is 12.1 Å². The Kier molecular flexibility index (Phi) is 3.57. The van der Waals surface area contributed by atoms with Crippen LogP contribution in [0.3, 0.4) is 0 Å². The molecule has 19 heavy (non-hydrogen) atoms. The second-order valence-corrected chi connectivity index (χ2v) is 4.78. The SMILES string of the molecule is CC(=O)c1cnc(Nc2ccccc2C(F)(F)F)s1. The van der Waals surface area contributed by atoms with Crippen LogP contribution in [-0.2, 0) is 6.18 Å². The number of benzene rings is 1. The van der Waals surface area contributed by atoms with E-state index in [0.29, 0.717) is 4.88 Å². The quantitative estimate of drug-likeness (QED) is 0.863. The van der Waals surface area contributed by atoms with Gasteiger partial charge < -0.3 is 5.32 Å². The number of aromatic nitrogens is 1. The summed E-state index contributed by atoms with van der Waals surface area (Å²) in [5.41, 5.74) is -0.853. The number of nitrogens with zero attached hydrogens (tertiary/aromatic N) is 1. The van der Waals surface area contributed by atoms with Crippen LogP contribution in [0.1, 0.15) is 22.2 Å². The number of nitrogens with one attached hydrogen (secondary N) is 1. The average molecular weight is 286 g/mol. The van der Waals surface area contributed by atoms with E-state index in [1.807, 2.05) is 0 Å². The van der Waals surface area contributed by atoms with Gasteiger partial charge in [0.2, 0.25) is 0 Å². The summed E-state index contributed by atoms with van der Waals surface area (Å²) in [6.45, 7) is 1.38. The van der Waals surface area contributed by atoms with Crippen LogP contribution in [-0.4, -0.2) is 10.8 Å². The molecule has 0 radical (unpaired) electrons. The standard InChI is InChI=1S/C12H9F3N2OS/c1-7(18)10-6-16-11(19-10)17-9-5-3-2-4-8(9)12(13,14)15/h2-6H,1H3,(H,16,17). The summed E-state index contributed by atoms with van der Waals surface area (Å²) < 4.78 is 38.3. The highest BCUT2D eigenvalue weighted by Crippen LogP contribution is 2.36. The van der Waals surface area contributed by atoms with Crippen LogP contribution in [0.25, 0.3) is 0 Å². The van der Waals surface area contributed by atoms with E-state index in [1.165, 1.54) is 31.3 Å². The van der Waals surface area contributed by atoms with Crippen LogP contribution >= 0.6 is 11.3 Å². The van der Waals surface area contributed by atoms with E-state index in [9.17, 15) is 18.0 Å². The fourth-order valence-electron chi connectivity index (χ4n) is 1.45. The normalized spacial score (nSPS) is 11.4. The Morgan fingerprint density at radius 3 is 2.58 bits per heavy atom. The van der Waals surface area contributed by atoms with Crippen LogP contribution in [0.15, 0.2) is 30.5 Å². The molecule has 0 unspecified atom stereocenters. The number of hydrogen-bond acceptors (Lipinski definition) is 4. The van der Waals surface area contributed by atoms with Crippen molar-refractivity contribution in [1.29, 1.82) is 0 Å². The van der Waals surface area contributed by atoms with Gasteiger partial charge in [0, 0.05) is 6.92 Å². The van der Waals surface area contributed by atoms with Gasteiger partial charge in [0.1, 0.15) is 0 Å². The molecule has 0 fully saturated rings. The maximum Gasteiger partial charge on any atom is 0.418 e. The zero-order valence-electron chi connectivity index (χ0n) is 9.78. The van der Waals surface area contributed by atoms with Gasteiger partial charge in [-0.15, -0.1) is 0 Å². The summed E-state index contributed by atoms with van der Waals surface area (Å²) in [7, 11) is 0. The van der Waals surface area contributed by atoms with E-state index in [2.05, 4.69) is 10.3 Å². The molecule has 0 spiro atoms. The Bertz CT molecular complexity index is 607. The van der Waals surface area contributed by atoms with Gasteiger partial charge in [0.05, 0.1) is 22.3 Å². The van der Waals surface area contributed by atoms with Crippen molar-refractivity contribution in [2.75, 3.05) is 5.32 Å². The summed E-state index contributed by atoms with van der Waals surface area (Å²) in [6.07, 6.45) is -3.10. The molecule has 1 N–H and O–H groups in total. The molecule has 2 rings (SSSR count). The van der Waals surface area contributed by atoms with Gasteiger partial charge in [0.25, 0.3) is 0 Å². The lowest BCUT2D eigenvalue weighted by atomic mass is 10.2. The second-order valence-electron chi connectivity index (χ2n) is 3.75. The van der Waals surface area contributed by atoms with E-state index in [1.54, 1.807) is 0 Å². The Hall–Kier alpha value is -1.89. The smallest absolute Gasteiger partial charge is 0.331 e. The minimum absolute atomic E-state index is 0.0838. The zero-order chi connectivity index (χ0) is 14.0. The zero-order valence-corrected chi connectivity index (χ0v) is 10.6. The minimum atomic E-state index is -4.44. The first kappa shape index (κ1) is 13.5. The first-order valence-electron chi connectivity index (χ1n) is 5.28. The lowest BCUT2D eigenvalue weighted by Gasteiger charge is -2.12. The van der Waals surface area contributed by atoms with Crippen LogP contribution in [0.2, 0.25) is 0 Å². The molecule has 0 saturated heterocycles. The molecule has 0 saturated carbocycles. The van der Waals surface area contributed by atoms with Gasteiger partial charge in [-0.25, -0.2) is 4.98 Å². The predicted molar refractivity (Wildman–Crippen MR) is 66.8 cm³/mol. The molecule has 0 bridgehead atoms. The van der Waals surface area contributed by atoms with Gasteiger partial charge in [0.15, 0.2) is 10.9 Å². The number of ketones is 1. The summed E-state index contributed by atoms with van der Waals surface area (Å²) in [6, 6.07) is 5.12. The largest absolute Gasteiger partial charge is 0.418 e. The Morgan fingerprint density at radius 1 is 1.32 bits per heavy atom. The Morgan fingerprint density at radius 2 is 2.00 bits per heavy atom. The number of alkyl halides is 3. The second kappa shape index (κ2) is 5.00. The van der Waals surface area contributed by atoms with E-state index in [-0.39, 0.29) is 16.6 Å². The summed E-state index contributed by atoms with van der Waals surface area (Å²) in [4.78, 5) is 15.4. The van der Waals surface area contributed by atoms with Crippen molar-refractivity contribution in [3.63, 3.8) is 0 Å². The molecule has 0 aliphatic heterocycles. The van der Waals surface area contributed by atoms with E-state index in [4.69, 9.17) is 0 Å². The predicted octanol–water partition coefficient (Wildman–Crippen LogP) is 4.11. The van der Waals surface area contributed by atoms with E-state index >= 15 is 0 Å². The van der Waals surface area contributed by atoms with Gasteiger partial charge >= 0.3 is 6.18 Å². The number of Topliss-reactive ketones (excluding diaryl/α,β-unsaturated/α-hetero) is 1. The first-order valence-corrected chi connectivity index (χ1v) is 6.09. The Labute approximate surface area is 111 Å². The highest BCUT2D eigenvalue weighted by molar-refractivity contribution is 7.17. The molecule has 0 aliphatic carbocycles. The lowest BCUT2D eigenvalue weighted by molar-refractivity contribution is -0.136. The third-order valence-corrected chi connectivity index (χ3v) is 3.34. The number of carbonyl (C=O) groups excluding carboxylic acids is 1. The fraction of sp³-hybridized carbons (Fsp3) is 0.167. The molecule has 1 heterocycles. The van der Waals surface area contributed by atoms with Crippen molar-refractivity contribution in [2.24, 2.45) is 0 Å². The third-order valence-electron chi connectivity index (χ3n) is 2.33. The first-order chi connectivity index (χ1) is 8.88. The molecule has 1 aromatic carbocycles. The van der Waals surface area contributed by atoms with Crippen molar-refractivity contribution in [3.05, 3.63) is 40.9 Å². The highest BCUT2D eigenvalue weighted by atomic mass is 32.1. The van der Waals surface area contributed by atoms with Gasteiger partial charge in [-0.1, -0.05) is 23.5 Å². The van der Waals surface area contributed by atoms with Gasteiger partial charge in [-0.3, -0.25) is 4.79 Å². The lowest BCUT2D eigenvalue weighted by Crippen LogP contribution is -2.08. The Balaban J connectivity index is 2.30. The van der Waals surface area contributed by atoms with E-state index < -0.39 is 11.7 Å². The van der Waals surface area contributed by atoms with Crippen LogP contribution in [0, 0.1) is 0 Å². The minimum Gasteiger partial charge on any atom is -0.331 e. The molecule has 7 heteroatoms. The van der Waals surface area contributed by atoms with Crippen molar-refractivity contribution in [3.8, 4) is 0 Å². The molecular formula is C12H9F3N2OS. The summed E-state index contributed by atoms with van der Waals surface area (Å²) >= 11 is 1.02. The third kappa shape index (κ3) is 3.11. The van der Waals surface area contributed by atoms with Crippen LogP contribution < -0.4 is 5.32 Å². The molecular weight excluding hydrogens is 277 g/mol. The van der Waals surface area contributed by atoms with Crippen molar-refractivity contribution < 1.29 is 18.0 Å². The van der Waals surface area contributed by atoms with Crippen LogP contribution in [0.4, 0.5) is 24.0 Å². The van der Waals surface area contributed by atoms with Crippen LogP contribution in [0.5, 0.6) is 0 Å². The number of para-hydroxylation sites is 1. The monoisotopic (exact) mass is 286 g/mol. The van der Waals surface area contributed by atoms with Crippen molar-refractivity contribution >= 4 is 27.9 Å². The topological polar surface area (TPSA) is 42.0 Å². The molecule has 0 aliphatic rings. The molecule has 2 aromatic rings. The molecule has 0 amide bonds. The van der Waals surface area contributed by atoms with E-state index in [0.717, 1.165) is 17.4 Å². The number of hydrogen-bond donors (Lipinski definition) is 1. The van der Waals surface area contributed by atoms with Crippen molar-refractivity contribution in [2.45, 2.75) is 13.1 Å². The molecule has 0 atom stereocenters. The average Bonchev–Trinajstić information content (AvgIpc) is 2.77. The summed E-state index contributed by atoms with van der Waals surface area (Å²) in [5, 5.41) is 2.84.